The van der Waals surface area contributed by atoms with E-state index in [2.05, 4.69) is 15.4 Å². The van der Waals surface area contributed by atoms with Crippen molar-refractivity contribution in [1.82, 2.24) is 25.1 Å². The highest BCUT2D eigenvalue weighted by atomic mass is 19.4. The van der Waals surface area contributed by atoms with Crippen LogP contribution in [0.4, 0.5) is 49.9 Å². The number of methoxy groups -OCH3 is 1. The van der Waals surface area contributed by atoms with Gasteiger partial charge in [-0.05, 0) is 71.5 Å². The van der Waals surface area contributed by atoms with Crippen molar-refractivity contribution in [1.29, 1.82) is 0 Å². The SMILES string of the molecule is CCC(c1ccc(C(F)(F)F)cc1CN(Cc1cc(C(F)(F)F)cc(C(F)(F)F)c1)c1nnn(C)n1)N1CCC(F)(COC)CC1. The number of likely N-dealkylation sites (tertiary alicyclic amines) is 1. The highest BCUT2D eigenvalue weighted by Crippen LogP contribution is 2.39. The first-order valence-corrected chi connectivity index (χ1v) is 14.2. The van der Waals surface area contributed by atoms with E-state index in [9.17, 15) is 39.5 Å². The zero-order chi connectivity index (χ0) is 34.1. The molecule has 0 saturated carbocycles. The van der Waals surface area contributed by atoms with Crippen LogP contribution in [-0.4, -0.2) is 57.6 Å². The first kappa shape index (κ1) is 35.4. The number of aryl methyl sites for hydroxylation is 1. The molecule has 1 saturated heterocycles. The quantitative estimate of drug-likeness (QED) is 0.210. The summed E-state index contributed by atoms with van der Waals surface area (Å²) in [7, 11) is 2.76. The Kier molecular flexibility index (Phi) is 10.3. The second-order valence-corrected chi connectivity index (χ2v) is 11.3. The summed E-state index contributed by atoms with van der Waals surface area (Å²) in [6.45, 7) is 1.20. The minimum absolute atomic E-state index is 0.0114. The highest BCUT2D eigenvalue weighted by molar-refractivity contribution is 5.42. The maximum Gasteiger partial charge on any atom is 0.416 e. The van der Waals surface area contributed by atoms with E-state index in [4.69, 9.17) is 4.74 Å². The number of benzene rings is 2. The average Bonchev–Trinajstić information content (AvgIpc) is 3.39. The van der Waals surface area contributed by atoms with Gasteiger partial charge >= 0.3 is 18.5 Å². The monoisotopic (exact) mass is 670 g/mol. The van der Waals surface area contributed by atoms with Crippen molar-refractivity contribution in [3.05, 3.63) is 69.8 Å². The Morgan fingerprint density at radius 2 is 1.46 bits per heavy atom. The predicted molar refractivity (Wildman–Crippen MR) is 146 cm³/mol. The minimum Gasteiger partial charge on any atom is -0.381 e. The third kappa shape index (κ3) is 8.46. The number of alkyl halides is 10. The van der Waals surface area contributed by atoms with Crippen LogP contribution in [0.5, 0.6) is 0 Å². The molecule has 0 bridgehead atoms. The topological polar surface area (TPSA) is 59.3 Å². The van der Waals surface area contributed by atoms with Crippen LogP contribution in [0.1, 0.15) is 65.6 Å². The fourth-order valence-corrected chi connectivity index (χ4v) is 5.69. The van der Waals surface area contributed by atoms with Gasteiger partial charge in [0, 0.05) is 39.3 Å². The summed E-state index contributed by atoms with van der Waals surface area (Å²) in [4.78, 5) is 4.09. The standard InChI is InChI=1S/C29H32F10N6O/c1-4-24(44-9-7-26(30,8-10-44)17-46-3)23-6-5-20(27(31,32)33)13-19(23)16-45(25-40-42-43(2)41-25)15-18-11-21(28(34,35)36)14-22(12-18)29(37,38)39/h5-6,11-14,24H,4,7-10,15-17H2,1-3H3. The van der Waals surface area contributed by atoms with Crippen molar-refractivity contribution in [2.75, 3.05) is 31.7 Å². The lowest BCUT2D eigenvalue weighted by Gasteiger charge is -2.41. The molecular formula is C29H32F10N6O. The van der Waals surface area contributed by atoms with Gasteiger partial charge in [-0.1, -0.05) is 18.1 Å². The number of halogens is 10. The Morgan fingerprint density at radius 3 is 1.93 bits per heavy atom. The van der Waals surface area contributed by atoms with Crippen LogP contribution in [0.3, 0.4) is 0 Å². The van der Waals surface area contributed by atoms with Crippen LogP contribution in [0.25, 0.3) is 0 Å². The molecule has 1 aliphatic rings. The van der Waals surface area contributed by atoms with Gasteiger partial charge in [-0.3, -0.25) is 4.90 Å². The molecule has 2 aromatic carbocycles. The van der Waals surface area contributed by atoms with Crippen molar-refractivity contribution < 1.29 is 48.6 Å². The molecule has 2 heterocycles. The summed E-state index contributed by atoms with van der Waals surface area (Å²) in [6, 6.07) is 3.68. The number of hydrogen-bond donors (Lipinski definition) is 0. The van der Waals surface area contributed by atoms with Gasteiger partial charge in [0.25, 0.3) is 5.95 Å². The van der Waals surface area contributed by atoms with Gasteiger partial charge in [-0.15, -0.1) is 5.10 Å². The Morgan fingerprint density at radius 1 is 0.870 bits per heavy atom. The Labute approximate surface area is 258 Å². The van der Waals surface area contributed by atoms with E-state index in [1.54, 1.807) is 0 Å². The van der Waals surface area contributed by atoms with Crippen molar-refractivity contribution in [2.24, 2.45) is 7.05 Å². The molecule has 0 spiro atoms. The van der Waals surface area contributed by atoms with Gasteiger partial charge in [0.15, 0.2) is 0 Å². The largest absolute Gasteiger partial charge is 0.416 e. The number of aromatic nitrogens is 4. The molecule has 1 fully saturated rings. The van der Waals surface area contributed by atoms with Crippen LogP contribution in [0, 0.1) is 0 Å². The van der Waals surface area contributed by atoms with Crippen molar-refractivity contribution in [3.63, 3.8) is 0 Å². The van der Waals surface area contributed by atoms with Crippen LogP contribution < -0.4 is 4.90 Å². The van der Waals surface area contributed by atoms with Crippen LogP contribution in [-0.2, 0) is 43.4 Å². The fraction of sp³-hybridized carbons (Fsp3) is 0.552. The second kappa shape index (κ2) is 13.3. The number of piperidine rings is 1. The molecule has 0 N–H and O–H groups in total. The number of anilines is 1. The number of nitrogens with zero attached hydrogens (tertiary/aromatic N) is 6. The number of hydrogen-bond acceptors (Lipinski definition) is 6. The maximum absolute atomic E-state index is 15.1. The Hall–Kier alpha value is -3.47. The molecule has 46 heavy (non-hydrogen) atoms. The molecular weight excluding hydrogens is 638 g/mol. The van der Waals surface area contributed by atoms with Crippen LogP contribution in [0.2, 0.25) is 0 Å². The summed E-state index contributed by atoms with van der Waals surface area (Å²) >= 11 is 0. The van der Waals surface area contributed by atoms with E-state index >= 15 is 4.39 Å². The number of rotatable bonds is 10. The van der Waals surface area contributed by atoms with E-state index in [1.165, 1.54) is 20.2 Å². The van der Waals surface area contributed by atoms with E-state index in [-0.39, 0.29) is 50.1 Å². The molecule has 0 amide bonds. The smallest absolute Gasteiger partial charge is 0.381 e. The molecule has 0 radical (unpaired) electrons. The lowest BCUT2D eigenvalue weighted by Crippen LogP contribution is -2.45. The van der Waals surface area contributed by atoms with Gasteiger partial charge in [-0.25, -0.2) is 4.39 Å². The second-order valence-electron chi connectivity index (χ2n) is 11.3. The molecule has 254 valence electrons. The third-order valence-corrected chi connectivity index (χ3v) is 7.92. The average molecular weight is 671 g/mol. The zero-order valence-corrected chi connectivity index (χ0v) is 25.1. The van der Waals surface area contributed by atoms with Gasteiger partial charge in [-0.2, -0.15) is 44.3 Å². The fourth-order valence-electron chi connectivity index (χ4n) is 5.69. The van der Waals surface area contributed by atoms with E-state index in [0.717, 1.165) is 21.8 Å². The summed E-state index contributed by atoms with van der Waals surface area (Å²) in [5.74, 6) is -0.232. The molecule has 1 unspecified atom stereocenters. The zero-order valence-electron chi connectivity index (χ0n) is 25.1. The Balaban J connectivity index is 1.78. The van der Waals surface area contributed by atoms with E-state index in [1.807, 2.05) is 11.8 Å². The highest BCUT2D eigenvalue weighted by Gasteiger charge is 2.39. The van der Waals surface area contributed by atoms with Crippen LogP contribution >= 0.6 is 0 Å². The van der Waals surface area contributed by atoms with Crippen molar-refractivity contribution >= 4 is 5.95 Å². The summed E-state index contributed by atoms with van der Waals surface area (Å²) in [5, 5.41) is 11.5. The van der Waals surface area contributed by atoms with Crippen LogP contribution in [0.15, 0.2) is 36.4 Å². The van der Waals surface area contributed by atoms with Gasteiger partial charge in [0.05, 0.1) is 30.3 Å². The van der Waals surface area contributed by atoms with E-state index in [0.29, 0.717) is 24.1 Å². The molecule has 0 aliphatic carbocycles. The molecule has 7 nitrogen and oxygen atoms in total. The molecule has 1 aliphatic heterocycles. The minimum atomic E-state index is -5.11. The normalized spacial score (nSPS) is 16.9. The first-order valence-electron chi connectivity index (χ1n) is 14.2. The summed E-state index contributed by atoms with van der Waals surface area (Å²) in [6.07, 6.45) is -14.3. The number of tetrazole rings is 1. The molecule has 17 heteroatoms. The Bertz CT molecular complexity index is 1450. The van der Waals surface area contributed by atoms with Crippen molar-refractivity contribution in [2.45, 2.75) is 69.5 Å². The lowest BCUT2D eigenvalue weighted by atomic mass is 9.89. The predicted octanol–water partition coefficient (Wildman–Crippen LogP) is 7.37. The number of ether oxygens (including phenoxy) is 1. The molecule has 4 rings (SSSR count). The van der Waals surface area contributed by atoms with E-state index < -0.39 is 65.6 Å². The van der Waals surface area contributed by atoms with Crippen molar-refractivity contribution in [3.8, 4) is 0 Å². The van der Waals surface area contributed by atoms with Gasteiger partial charge < -0.3 is 9.64 Å². The summed E-state index contributed by atoms with van der Waals surface area (Å²) in [5.41, 5.74) is -5.55. The first-order chi connectivity index (χ1) is 21.3. The summed E-state index contributed by atoms with van der Waals surface area (Å²) < 4.78 is 143. The van der Waals surface area contributed by atoms with Gasteiger partial charge in [0.2, 0.25) is 0 Å². The molecule has 3 aromatic rings. The lowest BCUT2D eigenvalue weighted by molar-refractivity contribution is -0.143. The van der Waals surface area contributed by atoms with Gasteiger partial charge in [0.1, 0.15) is 5.67 Å². The molecule has 1 aromatic heterocycles. The molecule has 1 atom stereocenters. The third-order valence-electron chi connectivity index (χ3n) is 7.92. The maximum atomic E-state index is 15.1.